The topological polar surface area (TPSA) is 33.6 Å². The van der Waals surface area contributed by atoms with Crippen LogP contribution >= 0.6 is 0 Å². The van der Waals surface area contributed by atoms with Gasteiger partial charge in [0.25, 0.3) is 0 Å². The molecule has 0 rings (SSSR count). The Morgan fingerprint density at radius 1 is 1.75 bits per heavy atom. The van der Waals surface area contributed by atoms with E-state index in [0.717, 1.165) is 12.1 Å². The molecule has 0 saturated carbocycles. The Labute approximate surface area is 74.5 Å². The van der Waals surface area contributed by atoms with Crippen LogP contribution in [-0.2, 0) is 4.74 Å². The quantitative estimate of drug-likeness (QED) is 0.614. The number of methoxy groups -OCH3 is 1. The highest BCUT2D eigenvalue weighted by atomic mass is 16.5. The van der Waals surface area contributed by atoms with Gasteiger partial charge in [-0.1, -0.05) is 13.0 Å². The van der Waals surface area contributed by atoms with Crippen LogP contribution in [0.3, 0.4) is 0 Å². The van der Waals surface area contributed by atoms with Gasteiger partial charge in [0.15, 0.2) is 0 Å². The van der Waals surface area contributed by atoms with E-state index in [2.05, 4.69) is 30.0 Å². The molecule has 0 fully saturated rings. The molecule has 0 aromatic heterocycles. The average molecular weight is 170 g/mol. The molecule has 0 aliphatic carbocycles. The fraction of sp³-hybridized carbons (Fsp3) is 0.667. The van der Waals surface area contributed by atoms with Gasteiger partial charge in [-0.25, -0.2) is 0 Å². The van der Waals surface area contributed by atoms with Crippen LogP contribution in [0.1, 0.15) is 20.3 Å². The molecule has 1 atom stereocenters. The largest absolute Gasteiger partial charge is 0.376 e. The number of hydrogen-bond acceptors (Lipinski definition) is 3. The zero-order valence-corrected chi connectivity index (χ0v) is 8.13. The van der Waals surface area contributed by atoms with Crippen molar-refractivity contribution in [1.29, 1.82) is 0 Å². The maximum atomic E-state index is 5.17. The molecule has 0 aliphatic heterocycles. The van der Waals surface area contributed by atoms with Crippen LogP contribution in [-0.4, -0.2) is 26.6 Å². The molecule has 0 aromatic carbocycles. The van der Waals surface area contributed by atoms with E-state index in [4.69, 9.17) is 4.74 Å². The zero-order chi connectivity index (χ0) is 9.40. The normalized spacial score (nSPS) is 14.1. The summed E-state index contributed by atoms with van der Waals surface area (Å²) in [4.78, 5) is 3.72. The monoisotopic (exact) mass is 170 g/mol. The smallest absolute Gasteiger partial charge is 0.106 e. The van der Waals surface area contributed by atoms with Crippen LogP contribution in [0.5, 0.6) is 0 Å². The van der Waals surface area contributed by atoms with Gasteiger partial charge in [-0.05, 0) is 20.1 Å². The van der Waals surface area contributed by atoms with E-state index in [1.54, 1.807) is 7.11 Å². The molecule has 0 saturated heterocycles. The van der Waals surface area contributed by atoms with Crippen molar-refractivity contribution in [2.75, 3.05) is 13.8 Å². The minimum absolute atomic E-state index is 0.103. The number of ether oxygens (including phenoxy) is 1. The number of hydrogen-bond donors (Lipinski definition) is 1. The summed E-state index contributed by atoms with van der Waals surface area (Å²) in [6.45, 7) is 8.02. The van der Waals surface area contributed by atoms with Crippen molar-refractivity contribution in [3.63, 3.8) is 0 Å². The average Bonchev–Trinajstić information content (AvgIpc) is 2.11. The van der Waals surface area contributed by atoms with Crippen molar-refractivity contribution in [2.24, 2.45) is 4.99 Å². The van der Waals surface area contributed by atoms with Crippen molar-refractivity contribution < 1.29 is 4.74 Å². The number of nitrogens with one attached hydrogen (secondary N) is 1. The van der Waals surface area contributed by atoms with E-state index in [-0.39, 0.29) is 6.10 Å². The minimum atomic E-state index is 0.103. The van der Waals surface area contributed by atoms with E-state index in [9.17, 15) is 0 Å². The van der Waals surface area contributed by atoms with Crippen molar-refractivity contribution in [1.82, 2.24) is 5.32 Å². The van der Waals surface area contributed by atoms with E-state index < -0.39 is 0 Å². The fourth-order valence-corrected chi connectivity index (χ4v) is 0.876. The second-order valence-electron chi connectivity index (χ2n) is 2.50. The minimum Gasteiger partial charge on any atom is -0.376 e. The van der Waals surface area contributed by atoms with E-state index in [1.807, 2.05) is 6.92 Å². The Morgan fingerprint density at radius 3 is 2.83 bits per heavy atom. The van der Waals surface area contributed by atoms with Crippen molar-refractivity contribution in [3.05, 3.63) is 11.8 Å². The highest BCUT2D eigenvalue weighted by molar-refractivity contribution is 5.23. The first-order chi connectivity index (χ1) is 5.76. The van der Waals surface area contributed by atoms with Gasteiger partial charge in [-0.15, -0.1) is 0 Å². The van der Waals surface area contributed by atoms with Gasteiger partial charge in [-0.3, -0.25) is 4.99 Å². The van der Waals surface area contributed by atoms with Crippen molar-refractivity contribution in [2.45, 2.75) is 26.4 Å². The molecule has 70 valence electrons. The molecular formula is C9H18N2O. The summed E-state index contributed by atoms with van der Waals surface area (Å²) in [6.07, 6.45) is 3.19. The molecule has 3 nitrogen and oxygen atoms in total. The third-order valence-corrected chi connectivity index (χ3v) is 1.61. The van der Waals surface area contributed by atoms with Gasteiger partial charge in [0.1, 0.15) is 6.67 Å². The van der Waals surface area contributed by atoms with Crippen LogP contribution < -0.4 is 5.32 Å². The molecule has 0 amide bonds. The van der Waals surface area contributed by atoms with Gasteiger partial charge in [0.2, 0.25) is 0 Å². The fourth-order valence-electron chi connectivity index (χ4n) is 0.876. The molecular weight excluding hydrogens is 152 g/mol. The Balaban J connectivity index is 4.03. The molecule has 3 heteroatoms. The summed E-state index contributed by atoms with van der Waals surface area (Å²) in [5, 5.41) is 3.13. The van der Waals surface area contributed by atoms with Gasteiger partial charge < -0.3 is 10.1 Å². The van der Waals surface area contributed by atoms with Gasteiger partial charge in [0, 0.05) is 12.8 Å². The third-order valence-electron chi connectivity index (χ3n) is 1.61. The number of allylic oxidation sites excluding steroid dienone is 1. The molecule has 1 N–H and O–H groups in total. The Morgan fingerprint density at radius 2 is 2.42 bits per heavy atom. The molecule has 0 aliphatic rings. The van der Waals surface area contributed by atoms with Crippen molar-refractivity contribution in [3.8, 4) is 0 Å². The highest BCUT2D eigenvalue weighted by Crippen LogP contribution is 2.02. The lowest BCUT2D eigenvalue weighted by Crippen LogP contribution is -2.23. The molecule has 1 unspecified atom stereocenters. The molecule has 0 radical (unpaired) electrons. The summed E-state index contributed by atoms with van der Waals surface area (Å²) in [5.74, 6) is 0. The predicted molar refractivity (Wildman–Crippen MR) is 52.4 cm³/mol. The number of aliphatic imine (C=N–C) groups is 1. The molecule has 0 bridgehead atoms. The number of rotatable bonds is 6. The molecule has 0 spiro atoms. The SMILES string of the molecule is C=NCN/C(=C/CC)C(C)OC. The summed E-state index contributed by atoms with van der Waals surface area (Å²) < 4.78 is 5.17. The lowest BCUT2D eigenvalue weighted by Gasteiger charge is -2.15. The second kappa shape index (κ2) is 6.85. The van der Waals surface area contributed by atoms with E-state index >= 15 is 0 Å². The van der Waals surface area contributed by atoms with Gasteiger partial charge >= 0.3 is 0 Å². The van der Waals surface area contributed by atoms with Crippen LogP contribution in [0.2, 0.25) is 0 Å². The van der Waals surface area contributed by atoms with Crippen molar-refractivity contribution >= 4 is 6.72 Å². The van der Waals surface area contributed by atoms with Crippen LogP contribution in [0, 0.1) is 0 Å². The predicted octanol–water partition coefficient (Wildman–Crippen LogP) is 1.56. The lowest BCUT2D eigenvalue weighted by molar-refractivity contribution is 0.140. The Kier molecular flexibility index (Phi) is 6.38. The molecule has 0 aromatic rings. The van der Waals surface area contributed by atoms with E-state index in [1.165, 1.54) is 0 Å². The standard InChI is InChI=1S/C9H18N2O/c1-5-6-9(8(2)12-4)11-7-10-3/h6,8,11H,3,5,7H2,1-2,4H3/b9-6+. The first-order valence-electron chi connectivity index (χ1n) is 4.15. The highest BCUT2D eigenvalue weighted by Gasteiger charge is 2.04. The van der Waals surface area contributed by atoms with Crippen LogP contribution in [0.25, 0.3) is 0 Å². The maximum Gasteiger partial charge on any atom is 0.106 e. The lowest BCUT2D eigenvalue weighted by atomic mass is 10.2. The first-order valence-corrected chi connectivity index (χ1v) is 4.15. The number of nitrogens with zero attached hydrogens (tertiary/aromatic N) is 1. The third kappa shape index (κ3) is 4.13. The summed E-state index contributed by atoms with van der Waals surface area (Å²) in [7, 11) is 1.69. The van der Waals surface area contributed by atoms with Crippen LogP contribution in [0.15, 0.2) is 16.8 Å². The molecule has 12 heavy (non-hydrogen) atoms. The Hall–Kier alpha value is -0.830. The maximum absolute atomic E-state index is 5.17. The first kappa shape index (κ1) is 11.2. The summed E-state index contributed by atoms with van der Waals surface area (Å²) >= 11 is 0. The van der Waals surface area contributed by atoms with E-state index in [0.29, 0.717) is 6.67 Å². The van der Waals surface area contributed by atoms with Gasteiger partial charge in [-0.2, -0.15) is 0 Å². The summed E-state index contributed by atoms with van der Waals surface area (Å²) in [5.41, 5.74) is 1.08. The molecule has 0 heterocycles. The van der Waals surface area contributed by atoms with Gasteiger partial charge in [0.05, 0.1) is 6.10 Å². The Bertz CT molecular complexity index is 155. The van der Waals surface area contributed by atoms with Crippen LogP contribution in [0.4, 0.5) is 0 Å². The summed E-state index contributed by atoms with van der Waals surface area (Å²) in [6, 6.07) is 0. The second-order valence-corrected chi connectivity index (χ2v) is 2.50. The zero-order valence-electron chi connectivity index (χ0n) is 8.13.